The minimum absolute atomic E-state index is 0.00337. The molecule has 2 aromatic rings. The Kier molecular flexibility index (Phi) is 19.1. The number of hydrogen-bond donors (Lipinski definition) is 1. The molecule has 1 aromatic heterocycles. The van der Waals surface area contributed by atoms with Crippen molar-refractivity contribution >= 4 is 49.2 Å². The fourth-order valence-corrected chi connectivity index (χ4v) is 9.95. The lowest BCUT2D eigenvalue weighted by Gasteiger charge is -2.43. The third-order valence-electron chi connectivity index (χ3n) is 12.4. The largest absolute Gasteiger partial charge is 0.466 e. The highest BCUT2D eigenvalue weighted by Gasteiger charge is 2.43. The Hall–Kier alpha value is -3.46. The number of likely N-dealkylation sites (tertiary alicyclic amines) is 1. The molecule has 1 aromatic carbocycles. The molecule has 1 N–H and O–H groups in total. The zero-order valence-corrected chi connectivity index (χ0v) is 40.6. The van der Waals surface area contributed by atoms with E-state index in [-0.39, 0.29) is 83.9 Å². The van der Waals surface area contributed by atoms with Gasteiger partial charge >= 0.3 is 11.9 Å². The van der Waals surface area contributed by atoms with Crippen molar-refractivity contribution < 1.29 is 37.9 Å². The molecule has 1 aliphatic rings. The quantitative estimate of drug-likeness (QED) is 0.0962. The first-order valence-corrected chi connectivity index (χ1v) is 25.6. The van der Waals surface area contributed by atoms with Gasteiger partial charge in [-0.3, -0.25) is 28.9 Å². The predicted octanol–water partition coefficient (Wildman–Crippen LogP) is 8.27. The number of piperidine rings is 1. The summed E-state index contributed by atoms with van der Waals surface area (Å²) in [6.45, 7) is 25.1. The molecular weight excluding hydrogens is 797 g/mol. The number of carbonyl (C=O) groups is 5. The van der Waals surface area contributed by atoms with Crippen LogP contribution < -0.4 is 5.32 Å². The Balaban J connectivity index is 1.79. The van der Waals surface area contributed by atoms with E-state index in [9.17, 15) is 24.0 Å². The number of likely N-dealkylation sites (N-methyl/N-ethyl adjacent to an activating group) is 1. The first kappa shape index (κ1) is 50.9. The molecule has 60 heavy (non-hydrogen) atoms. The molecule has 0 unspecified atom stereocenters. The van der Waals surface area contributed by atoms with Crippen LogP contribution in [0.4, 0.5) is 0 Å². The van der Waals surface area contributed by atoms with Crippen LogP contribution in [-0.2, 0) is 39.5 Å². The number of nitrogens with one attached hydrogen (secondary N) is 1. The summed E-state index contributed by atoms with van der Waals surface area (Å²) in [6.07, 6.45) is 1.91. The van der Waals surface area contributed by atoms with Gasteiger partial charge in [-0.15, -0.1) is 11.3 Å². The smallest absolute Gasteiger partial charge is 0.308 e. The highest BCUT2D eigenvalue weighted by molar-refractivity contribution is 7.09. The Bertz CT molecular complexity index is 1730. The normalized spacial score (nSPS) is 18.9. The summed E-state index contributed by atoms with van der Waals surface area (Å²) >= 11 is 1.21. The number of esters is 2. The van der Waals surface area contributed by atoms with Gasteiger partial charge in [0.05, 0.1) is 18.6 Å². The summed E-state index contributed by atoms with van der Waals surface area (Å²) in [7, 11) is 1.72. The summed E-state index contributed by atoms with van der Waals surface area (Å²) in [4.78, 5) is 75.8. The average Bonchev–Trinajstić information content (AvgIpc) is 3.66. The van der Waals surface area contributed by atoms with Gasteiger partial charge in [-0.05, 0) is 75.2 Å². The molecule has 1 aliphatic heterocycles. The van der Waals surface area contributed by atoms with Gasteiger partial charge in [-0.25, -0.2) is 4.98 Å². The molecule has 2 heterocycles. The number of nitrogens with zero attached hydrogens (tertiary/aromatic N) is 3. The van der Waals surface area contributed by atoms with E-state index in [1.54, 1.807) is 31.2 Å². The molecule has 0 radical (unpaired) electrons. The lowest BCUT2D eigenvalue weighted by molar-refractivity contribution is -0.150. The van der Waals surface area contributed by atoms with Crippen molar-refractivity contribution in [1.82, 2.24) is 20.1 Å². The van der Waals surface area contributed by atoms with Crippen molar-refractivity contribution in [1.29, 1.82) is 0 Å². The van der Waals surface area contributed by atoms with Crippen LogP contribution in [0.15, 0.2) is 35.7 Å². The fraction of sp³-hybridized carbons (Fsp3) is 0.696. The van der Waals surface area contributed by atoms with E-state index in [1.165, 1.54) is 18.3 Å². The summed E-state index contributed by atoms with van der Waals surface area (Å²) < 4.78 is 17.8. The molecule has 0 aliphatic carbocycles. The summed E-state index contributed by atoms with van der Waals surface area (Å²) in [5, 5.41) is 5.22. The Morgan fingerprint density at radius 3 is 2.23 bits per heavy atom. The van der Waals surface area contributed by atoms with E-state index in [2.05, 4.69) is 49.1 Å². The molecule has 1 fully saturated rings. The van der Waals surface area contributed by atoms with E-state index in [0.29, 0.717) is 24.3 Å². The first-order valence-electron chi connectivity index (χ1n) is 21.8. The Morgan fingerprint density at radius 1 is 1.02 bits per heavy atom. The molecule has 7 atom stereocenters. The van der Waals surface area contributed by atoms with Gasteiger partial charge in [0.15, 0.2) is 20.2 Å². The third kappa shape index (κ3) is 14.6. The van der Waals surface area contributed by atoms with Crippen LogP contribution in [0, 0.1) is 23.7 Å². The van der Waals surface area contributed by atoms with Crippen molar-refractivity contribution in [3.8, 4) is 0 Å². The maximum absolute atomic E-state index is 14.5. The number of ketones is 1. The molecule has 0 spiro atoms. The van der Waals surface area contributed by atoms with Crippen LogP contribution in [0.2, 0.25) is 18.1 Å². The second-order valence-electron chi connectivity index (χ2n) is 19.0. The SMILES string of the molecule is CCOC(=O)[C@@H](C)C[C@H](Cc1ccccc1)NC(=O)c1csc([C@@H](C[C@H](C(C)C)N(C)C(=O)[C@@H](CC(=O)[C@H]2C[C@H](O[Si](C)(C)C(C)(C)C)CCN2C)C(C)C)OC(C)=O)n1. The van der Waals surface area contributed by atoms with Gasteiger partial charge in [0, 0.05) is 62.8 Å². The predicted molar refractivity (Wildman–Crippen MR) is 240 cm³/mol. The highest BCUT2D eigenvalue weighted by Crippen LogP contribution is 2.39. The number of ether oxygens (including phenoxy) is 2. The number of hydrogen-bond acceptors (Lipinski definition) is 11. The zero-order chi connectivity index (χ0) is 45.1. The van der Waals surface area contributed by atoms with Gasteiger partial charge in [-0.2, -0.15) is 0 Å². The minimum Gasteiger partial charge on any atom is -0.466 e. The Morgan fingerprint density at radius 2 is 1.67 bits per heavy atom. The molecule has 1 saturated heterocycles. The number of aromatic nitrogens is 1. The van der Waals surface area contributed by atoms with Crippen molar-refractivity contribution in [2.24, 2.45) is 23.7 Å². The lowest BCUT2D eigenvalue weighted by Crippen LogP contribution is -2.52. The zero-order valence-electron chi connectivity index (χ0n) is 38.8. The maximum Gasteiger partial charge on any atom is 0.308 e. The van der Waals surface area contributed by atoms with Crippen molar-refractivity contribution in [2.75, 3.05) is 27.2 Å². The molecule has 14 heteroatoms. The molecule has 2 amide bonds. The standard InChI is InChI=1S/C46H74N4O8SSi/c1-15-56-45(55)31(6)23-34(24-33-19-17-16-18-20-33)47-42(53)37-28-59-43(48-37)41(57-32(7)51)27-38(30(4)5)50(12)44(54)36(29(2)3)26-40(52)39-25-35(21-22-49(39)11)58-60(13,14)46(8,9)10/h16-20,28-31,34-36,38-39,41H,15,21-27H2,1-14H3,(H,47,53)/t31-,34+,35+,36-,38+,39+,41+/m0/s1. The minimum atomic E-state index is -2.03. The van der Waals surface area contributed by atoms with E-state index in [0.717, 1.165) is 18.5 Å². The highest BCUT2D eigenvalue weighted by atomic mass is 32.1. The molecule has 0 bridgehead atoms. The van der Waals surface area contributed by atoms with Crippen LogP contribution in [0.1, 0.15) is 129 Å². The second-order valence-corrected chi connectivity index (χ2v) is 24.6. The second kappa shape index (κ2) is 22.6. The molecule has 0 saturated carbocycles. The van der Waals surface area contributed by atoms with Gasteiger partial charge in [0.2, 0.25) is 5.91 Å². The lowest BCUT2D eigenvalue weighted by atomic mass is 9.84. The van der Waals surface area contributed by atoms with Crippen molar-refractivity contribution in [3.05, 3.63) is 52.0 Å². The van der Waals surface area contributed by atoms with Crippen LogP contribution in [0.5, 0.6) is 0 Å². The topological polar surface area (TPSA) is 144 Å². The van der Waals surface area contributed by atoms with Crippen molar-refractivity contribution in [3.63, 3.8) is 0 Å². The summed E-state index contributed by atoms with van der Waals surface area (Å²) in [5.74, 6) is -2.44. The van der Waals surface area contributed by atoms with Gasteiger partial charge in [0.25, 0.3) is 5.91 Å². The van der Waals surface area contributed by atoms with Gasteiger partial charge in [0.1, 0.15) is 10.7 Å². The number of thiazole rings is 1. The van der Waals surface area contributed by atoms with Gasteiger partial charge < -0.3 is 24.1 Å². The fourth-order valence-electron chi connectivity index (χ4n) is 7.71. The number of Topliss-reactive ketones (excluding diaryl/α,β-unsaturated/α-hetero) is 1. The molecular formula is C46H74N4O8SSi. The van der Waals surface area contributed by atoms with E-state index < -0.39 is 38.1 Å². The molecule has 336 valence electrons. The first-order chi connectivity index (χ1) is 27.9. The van der Waals surface area contributed by atoms with Crippen LogP contribution in [-0.4, -0.2) is 104 Å². The van der Waals surface area contributed by atoms with E-state index in [1.807, 2.05) is 65.1 Å². The maximum atomic E-state index is 14.5. The van der Waals surface area contributed by atoms with Crippen molar-refractivity contribution in [2.45, 2.75) is 156 Å². The van der Waals surface area contributed by atoms with Crippen LogP contribution in [0.3, 0.4) is 0 Å². The monoisotopic (exact) mass is 870 g/mol. The third-order valence-corrected chi connectivity index (χ3v) is 17.9. The van der Waals surface area contributed by atoms with Crippen LogP contribution in [0.25, 0.3) is 0 Å². The van der Waals surface area contributed by atoms with E-state index >= 15 is 0 Å². The van der Waals surface area contributed by atoms with Gasteiger partial charge in [-0.1, -0.05) is 85.7 Å². The summed E-state index contributed by atoms with van der Waals surface area (Å²) in [6, 6.07) is 8.66. The average molecular weight is 871 g/mol. The number of amides is 2. The number of rotatable bonds is 21. The molecule has 12 nitrogen and oxygen atoms in total. The van der Waals surface area contributed by atoms with Crippen LogP contribution >= 0.6 is 11.3 Å². The Labute approximate surface area is 365 Å². The molecule has 3 rings (SSSR count). The van der Waals surface area contributed by atoms with E-state index in [4.69, 9.17) is 13.9 Å². The number of benzene rings is 1. The number of carbonyl (C=O) groups excluding carboxylic acids is 5. The summed E-state index contributed by atoms with van der Waals surface area (Å²) in [5.41, 5.74) is 1.18.